The van der Waals surface area contributed by atoms with Gasteiger partial charge in [-0.15, -0.1) is 0 Å². The third kappa shape index (κ3) is 0.669. The van der Waals surface area contributed by atoms with Crippen molar-refractivity contribution < 1.29 is 4.79 Å². The third-order valence-electron chi connectivity index (χ3n) is 2.63. The van der Waals surface area contributed by atoms with Gasteiger partial charge in [-0.3, -0.25) is 9.69 Å². The lowest BCUT2D eigenvalue weighted by Gasteiger charge is -2.28. The van der Waals surface area contributed by atoms with Gasteiger partial charge in [-0.05, 0) is 13.5 Å². The summed E-state index contributed by atoms with van der Waals surface area (Å²) in [5.74, 6) is 0. The molecular formula is C7H11N2O. The van der Waals surface area contributed by atoms with Gasteiger partial charge in [0.1, 0.15) is 0 Å². The second kappa shape index (κ2) is 1.95. The summed E-state index contributed by atoms with van der Waals surface area (Å²) in [5, 5.41) is 0. The minimum Gasteiger partial charge on any atom is -0.329 e. The van der Waals surface area contributed by atoms with Crippen molar-refractivity contribution in [3.8, 4) is 0 Å². The first-order valence-corrected chi connectivity index (χ1v) is 3.66. The van der Waals surface area contributed by atoms with E-state index in [4.69, 9.17) is 0 Å². The number of likely N-dealkylation sites (N-methyl/N-ethyl adjacent to an activating group) is 1. The van der Waals surface area contributed by atoms with Crippen LogP contribution in [0.1, 0.15) is 6.42 Å². The lowest BCUT2D eigenvalue weighted by Crippen LogP contribution is -2.43. The zero-order valence-corrected chi connectivity index (χ0v) is 6.08. The molecule has 1 amide bonds. The Kier molecular flexibility index (Phi) is 1.20. The van der Waals surface area contributed by atoms with Crippen molar-refractivity contribution in [2.75, 3.05) is 20.1 Å². The average Bonchev–Trinajstić information content (AvgIpc) is 2.44. The van der Waals surface area contributed by atoms with E-state index in [2.05, 4.69) is 11.9 Å². The molecule has 2 aliphatic heterocycles. The summed E-state index contributed by atoms with van der Waals surface area (Å²) in [5.41, 5.74) is 0. The highest BCUT2D eigenvalue weighted by Gasteiger charge is 2.40. The molecule has 0 spiro atoms. The van der Waals surface area contributed by atoms with Crippen molar-refractivity contribution in [2.24, 2.45) is 0 Å². The molecule has 3 nitrogen and oxygen atoms in total. The molecule has 2 fully saturated rings. The average molecular weight is 139 g/mol. The quantitative estimate of drug-likeness (QED) is 0.486. The van der Waals surface area contributed by atoms with E-state index in [0.29, 0.717) is 12.1 Å². The molecule has 0 N–H and O–H groups in total. The number of rotatable bonds is 1. The maximum atomic E-state index is 10.3. The van der Waals surface area contributed by atoms with Crippen LogP contribution >= 0.6 is 0 Å². The highest BCUT2D eigenvalue weighted by Crippen LogP contribution is 2.27. The van der Waals surface area contributed by atoms with Crippen LogP contribution in [0, 0.1) is 0 Å². The Morgan fingerprint density at radius 1 is 1.40 bits per heavy atom. The van der Waals surface area contributed by atoms with E-state index >= 15 is 0 Å². The van der Waals surface area contributed by atoms with Crippen LogP contribution in [0.3, 0.4) is 0 Å². The van der Waals surface area contributed by atoms with E-state index in [1.54, 1.807) is 4.90 Å². The molecule has 0 aromatic carbocycles. The van der Waals surface area contributed by atoms with Gasteiger partial charge < -0.3 is 4.90 Å². The number of hydrogen-bond donors (Lipinski definition) is 0. The molecule has 2 bridgehead atoms. The first-order valence-electron chi connectivity index (χ1n) is 3.66. The normalized spacial score (nSPS) is 39.1. The number of amides is 1. The Balaban J connectivity index is 2.08. The van der Waals surface area contributed by atoms with Crippen molar-refractivity contribution in [1.29, 1.82) is 0 Å². The Morgan fingerprint density at radius 3 is 2.60 bits per heavy atom. The van der Waals surface area contributed by atoms with Crippen molar-refractivity contribution in [1.82, 2.24) is 9.80 Å². The summed E-state index contributed by atoms with van der Waals surface area (Å²) < 4.78 is 0. The molecule has 0 aromatic heterocycles. The summed E-state index contributed by atoms with van der Waals surface area (Å²) in [6.07, 6.45) is 3.13. The fourth-order valence-electron chi connectivity index (χ4n) is 1.98. The summed E-state index contributed by atoms with van der Waals surface area (Å²) in [6, 6.07) is 1.08. The first-order chi connectivity index (χ1) is 4.81. The molecule has 3 heteroatoms. The van der Waals surface area contributed by atoms with Gasteiger partial charge in [0.25, 0.3) is 0 Å². The predicted octanol–water partition coefficient (Wildman–Crippen LogP) is -0.558. The zero-order chi connectivity index (χ0) is 7.14. The molecule has 2 atom stereocenters. The van der Waals surface area contributed by atoms with E-state index < -0.39 is 0 Å². The van der Waals surface area contributed by atoms with E-state index in [0.717, 1.165) is 19.5 Å². The Labute approximate surface area is 60.6 Å². The number of piperazine rings is 1. The number of fused-ring (bicyclic) bond motifs is 2. The van der Waals surface area contributed by atoms with E-state index in [1.165, 1.54) is 0 Å². The molecule has 2 aliphatic rings. The van der Waals surface area contributed by atoms with Gasteiger partial charge in [-0.25, -0.2) is 0 Å². The SMILES string of the molecule is CN1CC2CC1CN2[C]=O. The number of likely N-dealkylation sites (tertiary alicyclic amines) is 2. The van der Waals surface area contributed by atoms with E-state index in [1.807, 2.05) is 6.41 Å². The molecule has 0 aliphatic carbocycles. The topological polar surface area (TPSA) is 23.6 Å². The van der Waals surface area contributed by atoms with Crippen molar-refractivity contribution in [3.05, 3.63) is 0 Å². The maximum absolute atomic E-state index is 10.3. The fourth-order valence-corrected chi connectivity index (χ4v) is 1.98. The van der Waals surface area contributed by atoms with Crippen LogP contribution < -0.4 is 0 Å². The molecular weight excluding hydrogens is 128 g/mol. The lowest BCUT2D eigenvalue weighted by atomic mass is 10.2. The van der Waals surface area contributed by atoms with Crippen LogP contribution in [0.4, 0.5) is 0 Å². The summed E-state index contributed by atoms with van der Waals surface area (Å²) in [7, 11) is 2.12. The smallest absolute Gasteiger partial charge is 0.312 e. The van der Waals surface area contributed by atoms with Crippen LogP contribution in [0.2, 0.25) is 0 Å². The monoisotopic (exact) mass is 139 g/mol. The largest absolute Gasteiger partial charge is 0.329 e. The van der Waals surface area contributed by atoms with Crippen molar-refractivity contribution in [2.45, 2.75) is 18.5 Å². The van der Waals surface area contributed by atoms with Crippen LogP contribution in [-0.2, 0) is 4.79 Å². The van der Waals surface area contributed by atoms with Crippen molar-refractivity contribution >= 4 is 6.41 Å². The molecule has 0 aromatic rings. The van der Waals surface area contributed by atoms with Gasteiger partial charge >= 0.3 is 6.41 Å². The fraction of sp³-hybridized carbons (Fsp3) is 0.857. The molecule has 2 unspecified atom stereocenters. The standard InChI is InChI=1S/C7H11N2O/c1-8-3-7-2-6(8)4-9(7)5-10/h6-7H,2-4H2,1H3. The summed E-state index contributed by atoms with van der Waals surface area (Å²) in [6.45, 7) is 1.94. The molecule has 0 saturated carbocycles. The van der Waals surface area contributed by atoms with Gasteiger partial charge in [0.2, 0.25) is 0 Å². The van der Waals surface area contributed by atoms with Crippen LogP contribution in [0.5, 0.6) is 0 Å². The van der Waals surface area contributed by atoms with Crippen LogP contribution in [-0.4, -0.2) is 48.4 Å². The highest BCUT2D eigenvalue weighted by atomic mass is 16.1. The second-order valence-corrected chi connectivity index (χ2v) is 3.23. The van der Waals surface area contributed by atoms with Gasteiger partial charge in [0.15, 0.2) is 0 Å². The molecule has 2 heterocycles. The minimum atomic E-state index is 0.465. The second-order valence-electron chi connectivity index (χ2n) is 3.23. The lowest BCUT2D eigenvalue weighted by molar-refractivity contribution is 0.205. The predicted molar refractivity (Wildman–Crippen MR) is 37.2 cm³/mol. The maximum Gasteiger partial charge on any atom is 0.312 e. The van der Waals surface area contributed by atoms with Gasteiger partial charge in [0.05, 0.1) is 0 Å². The number of hydrogen-bond acceptors (Lipinski definition) is 2. The molecule has 2 saturated heterocycles. The van der Waals surface area contributed by atoms with Gasteiger partial charge in [-0.2, -0.15) is 0 Å². The summed E-state index contributed by atoms with van der Waals surface area (Å²) >= 11 is 0. The third-order valence-corrected chi connectivity index (χ3v) is 2.63. The number of nitrogens with zero attached hydrogens (tertiary/aromatic N) is 2. The number of carbonyl (C=O) groups excluding carboxylic acids is 1. The van der Waals surface area contributed by atoms with Crippen LogP contribution in [0.15, 0.2) is 0 Å². The zero-order valence-electron chi connectivity index (χ0n) is 6.08. The van der Waals surface area contributed by atoms with E-state index in [9.17, 15) is 4.79 Å². The van der Waals surface area contributed by atoms with Crippen LogP contribution in [0.25, 0.3) is 0 Å². The Morgan fingerprint density at radius 2 is 2.20 bits per heavy atom. The molecule has 1 radical (unpaired) electrons. The summed E-state index contributed by atoms with van der Waals surface area (Å²) in [4.78, 5) is 14.4. The Bertz CT molecular complexity index is 158. The van der Waals surface area contributed by atoms with Crippen molar-refractivity contribution in [3.63, 3.8) is 0 Å². The minimum absolute atomic E-state index is 0.465. The Hall–Kier alpha value is -0.570. The first kappa shape index (κ1) is 6.16. The molecule has 2 rings (SSSR count). The highest BCUT2D eigenvalue weighted by molar-refractivity contribution is 5.50. The van der Waals surface area contributed by atoms with E-state index in [-0.39, 0.29) is 0 Å². The molecule has 10 heavy (non-hydrogen) atoms. The van der Waals surface area contributed by atoms with Gasteiger partial charge in [0, 0.05) is 25.2 Å². The molecule has 55 valence electrons. The van der Waals surface area contributed by atoms with Gasteiger partial charge in [-0.1, -0.05) is 0 Å².